The Bertz CT molecular complexity index is 659. The number of carbonyl (C=O) groups excluding carboxylic acids is 1. The molecule has 122 valence electrons. The fourth-order valence-electron chi connectivity index (χ4n) is 2.01. The SMILES string of the molecule is COC(=O)c1cccc(S(=O)(=O)NCC2=CCNCC2)c1.Cl. The molecule has 22 heavy (non-hydrogen) atoms. The Morgan fingerprint density at radius 1 is 1.41 bits per heavy atom. The van der Waals surface area contributed by atoms with E-state index in [1.807, 2.05) is 6.08 Å². The quantitative estimate of drug-likeness (QED) is 0.616. The Kier molecular flexibility index (Phi) is 7.02. The highest BCUT2D eigenvalue weighted by Gasteiger charge is 2.17. The number of ether oxygens (including phenoxy) is 1. The van der Waals surface area contributed by atoms with Gasteiger partial charge in [0, 0.05) is 13.1 Å². The lowest BCUT2D eigenvalue weighted by molar-refractivity contribution is 0.0600. The van der Waals surface area contributed by atoms with Gasteiger partial charge in [-0.15, -0.1) is 12.4 Å². The monoisotopic (exact) mass is 346 g/mol. The van der Waals surface area contributed by atoms with Gasteiger partial charge >= 0.3 is 5.97 Å². The van der Waals surface area contributed by atoms with Crippen LogP contribution < -0.4 is 10.0 Å². The molecule has 0 amide bonds. The van der Waals surface area contributed by atoms with E-state index in [0.29, 0.717) is 0 Å². The molecule has 1 aromatic rings. The zero-order chi connectivity index (χ0) is 15.3. The summed E-state index contributed by atoms with van der Waals surface area (Å²) in [5.41, 5.74) is 1.27. The molecule has 2 N–H and O–H groups in total. The normalized spacial score (nSPS) is 14.7. The van der Waals surface area contributed by atoms with E-state index in [4.69, 9.17) is 0 Å². The Hall–Kier alpha value is -1.41. The first-order chi connectivity index (χ1) is 10.0. The molecular formula is C14H19ClN2O4S. The lowest BCUT2D eigenvalue weighted by Gasteiger charge is -2.15. The van der Waals surface area contributed by atoms with Crippen molar-refractivity contribution in [2.24, 2.45) is 0 Å². The van der Waals surface area contributed by atoms with Gasteiger partial charge in [0.2, 0.25) is 10.0 Å². The molecule has 0 radical (unpaired) electrons. The van der Waals surface area contributed by atoms with Gasteiger partial charge in [-0.05, 0) is 31.2 Å². The fourth-order valence-corrected chi connectivity index (χ4v) is 3.09. The van der Waals surface area contributed by atoms with Crippen molar-refractivity contribution in [3.63, 3.8) is 0 Å². The summed E-state index contributed by atoms with van der Waals surface area (Å²) >= 11 is 0. The van der Waals surface area contributed by atoms with E-state index in [9.17, 15) is 13.2 Å². The molecule has 6 nitrogen and oxygen atoms in total. The van der Waals surface area contributed by atoms with Crippen molar-refractivity contribution in [2.45, 2.75) is 11.3 Å². The summed E-state index contributed by atoms with van der Waals surface area (Å²) < 4.78 is 31.6. The third kappa shape index (κ3) is 4.81. The van der Waals surface area contributed by atoms with E-state index >= 15 is 0 Å². The zero-order valence-electron chi connectivity index (χ0n) is 12.2. The Labute approximate surface area is 136 Å². The second-order valence-corrected chi connectivity index (χ2v) is 6.43. The summed E-state index contributed by atoms with van der Waals surface area (Å²) in [5, 5.41) is 3.16. The summed E-state index contributed by atoms with van der Waals surface area (Å²) in [4.78, 5) is 11.5. The van der Waals surface area contributed by atoms with Crippen LogP contribution >= 0.6 is 12.4 Å². The number of rotatable bonds is 5. The molecule has 8 heteroatoms. The van der Waals surface area contributed by atoms with Crippen LogP contribution in [0.5, 0.6) is 0 Å². The Morgan fingerprint density at radius 3 is 2.82 bits per heavy atom. The third-order valence-electron chi connectivity index (χ3n) is 3.21. The number of nitrogens with one attached hydrogen (secondary N) is 2. The summed E-state index contributed by atoms with van der Waals surface area (Å²) in [7, 11) is -2.39. The molecule has 0 fully saturated rings. The molecule has 0 bridgehead atoms. The summed E-state index contributed by atoms with van der Waals surface area (Å²) in [5.74, 6) is -0.562. The van der Waals surface area contributed by atoms with Crippen LogP contribution in [0.1, 0.15) is 16.8 Å². The van der Waals surface area contributed by atoms with Gasteiger partial charge in [0.25, 0.3) is 0 Å². The smallest absolute Gasteiger partial charge is 0.337 e. The molecule has 0 saturated carbocycles. The molecule has 0 atom stereocenters. The first-order valence-corrected chi connectivity index (χ1v) is 8.08. The lowest BCUT2D eigenvalue weighted by Crippen LogP contribution is -2.29. The van der Waals surface area contributed by atoms with Gasteiger partial charge in [-0.3, -0.25) is 0 Å². The van der Waals surface area contributed by atoms with Crippen molar-refractivity contribution in [3.05, 3.63) is 41.5 Å². The molecular weight excluding hydrogens is 328 g/mol. The van der Waals surface area contributed by atoms with Gasteiger partial charge in [0.1, 0.15) is 0 Å². The highest BCUT2D eigenvalue weighted by molar-refractivity contribution is 7.89. The molecule has 2 rings (SSSR count). The minimum absolute atomic E-state index is 0. The molecule has 0 saturated heterocycles. The summed E-state index contributed by atoms with van der Waals surface area (Å²) in [6, 6.07) is 5.79. The van der Waals surface area contributed by atoms with Crippen LogP contribution in [0.4, 0.5) is 0 Å². The fraction of sp³-hybridized carbons (Fsp3) is 0.357. The maximum Gasteiger partial charge on any atom is 0.337 e. The Morgan fingerprint density at radius 2 is 2.18 bits per heavy atom. The zero-order valence-corrected chi connectivity index (χ0v) is 13.8. The van der Waals surface area contributed by atoms with Gasteiger partial charge in [0.15, 0.2) is 0 Å². The van der Waals surface area contributed by atoms with Crippen LogP contribution in [-0.2, 0) is 14.8 Å². The molecule has 1 heterocycles. The number of sulfonamides is 1. The lowest BCUT2D eigenvalue weighted by atomic mass is 10.1. The van der Waals surface area contributed by atoms with E-state index in [2.05, 4.69) is 14.8 Å². The predicted octanol–water partition coefficient (Wildman–Crippen LogP) is 1.09. The summed E-state index contributed by atoms with van der Waals surface area (Å²) in [6.45, 7) is 1.90. The van der Waals surface area contributed by atoms with Crippen molar-refractivity contribution >= 4 is 28.4 Å². The average Bonchev–Trinajstić information content (AvgIpc) is 2.53. The Balaban J connectivity index is 0.00000242. The standard InChI is InChI=1S/C14H18N2O4S.ClH/c1-20-14(17)12-3-2-4-13(9-12)21(18,19)16-10-11-5-7-15-8-6-11;/h2-5,9,15-16H,6-8,10H2,1H3;1H. The highest BCUT2D eigenvalue weighted by atomic mass is 35.5. The largest absolute Gasteiger partial charge is 0.465 e. The van der Waals surface area contributed by atoms with Gasteiger partial charge in [-0.2, -0.15) is 0 Å². The van der Waals surface area contributed by atoms with Crippen LogP contribution in [0.3, 0.4) is 0 Å². The number of methoxy groups -OCH3 is 1. The second-order valence-electron chi connectivity index (χ2n) is 4.66. The first kappa shape index (κ1) is 18.6. The number of esters is 1. The van der Waals surface area contributed by atoms with Gasteiger partial charge in [-0.1, -0.05) is 17.7 Å². The van der Waals surface area contributed by atoms with E-state index in [-0.39, 0.29) is 29.4 Å². The minimum Gasteiger partial charge on any atom is -0.465 e. The van der Waals surface area contributed by atoms with Crippen LogP contribution in [0.25, 0.3) is 0 Å². The predicted molar refractivity (Wildman–Crippen MR) is 85.8 cm³/mol. The van der Waals surface area contributed by atoms with Crippen molar-refractivity contribution in [3.8, 4) is 0 Å². The van der Waals surface area contributed by atoms with Crippen molar-refractivity contribution < 1.29 is 17.9 Å². The topological polar surface area (TPSA) is 84.5 Å². The minimum atomic E-state index is -3.64. The van der Waals surface area contributed by atoms with Gasteiger partial charge in [-0.25, -0.2) is 17.9 Å². The molecule has 0 unspecified atom stereocenters. The van der Waals surface area contributed by atoms with Gasteiger partial charge in [0.05, 0.1) is 17.6 Å². The molecule has 1 aromatic carbocycles. The number of hydrogen-bond donors (Lipinski definition) is 2. The van der Waals surface area contributed by atoms with Crippen molar-refractivity contribution in [1.29, 1.82) is 0 Å². The second kappa shape index (κ2) is 8.28. The van der Waals surface area contributed by atoms with Gasteiger partial charge < -0.3 is 10.1 Å². The highest BCUT2D eigenvalue weighted by Crippen LogP contribution is 2.13. The number of carbonyl (C=O) groups is 1. The van der Waals surface area contributed by atoms with Crippen LogP contribution in [0.2, 0.25) is 0 Å². The van der Waals surface area contributed by atoms with E-state index in [1.54, 1.807) is 0 Å². The molecule has 0 aliphatic carbocycles. The molecule has 0 aromatic heterocycles. The van der Waals surface area contributed by atoms with E-state index in [1.165, 1.54) is 31.4 Å². The van der Waals surface area contributed by atoms with Crippen LogP contribution in [0.15, 0.2) is 40.8 Å². The van der Waals surface area contributed by atoms with Crippen molar-refractivity contribution in [1.82, 2.24) is 10.0 Å². The van der Waals surface area contributed by atoms with Crippen LogP contribution in [-0.4, -0.2) is 41.1 Å². The molecule has 0 spiro atoms. The molecule has 1 aliphatic rings. The summed E-state index contributed by atoms with van der Waals surface area (Å²) in [6.07, 6.45) is 2.81. The maximum absolute atomic E-state index is 12.2. The average molecular weight is 347 g/mol. The number of hydrogen-bond acceptors (Lipinski definition) is 5. The molecule has 1 aliphatic heterocycles. The van der Waals surface area contributed by atoms with Crippen molar-refractivity contribution in [2.75, 3.05) is 26.7 Å². The van der Waals surface area contributed by atoms with E-state index in [0.717, 1.165) is 25.1 Å². The number of halogens is 1. The number of benzene rings is 1. The third-order valence-corrected chi connectivity index (χ3v) is 4.61. The van der Waals surface area contributed by atoms with E-state index < -0.39 is 16.0 Å². The first-order valence-electron chi connectivity index (χ1n) is 6.59. The van der Waals surface area contributed by atoms with Crippen LogP contribution in [0, 0.1) is 0 Å². The maximum atomic E-state index is 12.2.